The van der Waals surface area contributed by atoms with Crippen LogP contribution in [0.1, 0.15) is 17.4 Å². The number of carboxylic acid groups (broad SMARTS) is 1. The summed E-state index contributed by atoms with van der Waals surface area (Å²) in [6.07, 6.45) is -1.20. The molecule has 0 spiro atoms. The van der Waals surface area contributed by atoms with Gasteiger partial charge in [-0.25, -0.2) is 9.18 Å². The van der Waals surface area contributed by atoms with Gasteiger partial charge in [0, 0.05) is 20.0 Å². The molecule has 7 heteroatoms. The molecule has 0 bridgehead atoms. The maximum atomic E-state index is 13.9. The number of para-hydroxylation sites is 1. The Morgan fingerprint density at radius 1 is 1.45 bits per heavy atom. The molecule has 1 unspecified atom stereocenters. The summed E-state index contributed by atoms with van der Waals surface area (Å²) in [5.74, 6) is 0.262. The quantitative estimate of drug-likeness (QED) is 0.776. The van der Waals surface area contributed by atoms with Crippen LogP contribution in [0, 0.1) is 5.82 Å². The number of hydrogen-bond acceptors (Lipinski definition) is 3. The molecule has 1 N–H and O–H groups in total. The van der Waals surface area contributed by atoms with Crippen LogP contribution in [0.5, 0.6) is 5.75 Å². The summed E-state index contributed by atoms with van der Waals surface area (Å²) in [6.45, 7) is 0.252. The number of ether oxygens (including phenoxy) is 1. The smallest absolute Gasteiger partial charge is 0.407 e. The van der Waals surface area contributed by atoms with E-state index in [1.165, 1.54) is 24.5 Å². The van der Waals surface area contributed by atoms with E-state index in [0.717, 1.165) is 9.37 Å². The third-order valence-electron chi connectivity index (χ3n) is 3.10. The van der Waals surface area contributed by atoms with Crippen molar-refractivity contribution in [3.8, 4) is 5.75 Å². The molecule has 2 rings (SSSR count). The number of nitrogens with zero attached hydrogens (tertiary/aromatic N) is 1. The summed E-state index contributed by atoms with van der Waals surface area (Å²) < 4.78 is 20.5. The van der Waals surface area contributed by atoms with Crippen LogP contribution in [0.15, 0.2) is 40.2 Å². The zero-order valence-corrected chi connectivity index (χ0v) is 14.2. The first-order valence-electron chi connectivity index (χ1n) is 6.57. The fourth-order valence-electron chi connectivity index (χ4n) is 1.88. The van der Waals surface area contributed by atoms with Crippen molar-refractivity contribution in [1.29, 1.82) is 0 Å². The van der Waals surface area contributed by atoms with Crippen molar-refractivity contribution in [3.63, 3.8) is 0 Å². The molecular formula is C15H15BrFNO3S. The van der Waals surface area contributed by atoms with Crippen LogP contribution in [0.4, 0.5) is 9.18 Å². The molecule has 1 amide bonds. The largest absolute Gasteiger partial charge is 0.484 e. The summed E-state index contributed by atoms with van der Waals surface area (Å²) >= 11 is 4.65. The van der Waals surface area contributed by atoms with Gasteiger partial charge in [0.1, 0.15) is 17.7 Å². The van der Waals surface area contributed by atoms with Gasteiger partial charge < -0.3 is 14.7 Å². The van der Waals surface area contributed by atoms with Gasteiger partial charge in [-0.15, -0.1) is 11.3 Å². The third-order valence-corrected chi connectivity index (χ3v) is 4.74. The van der Waals surface area contributed by atoms with Crippen molar-refractivity contribution in [2.75, 3.05) is 13.6 Å². The van der Waals surface area contributed by atoms with Crippen molar-refractivity contribution in [1.82, 2.24) is 4.90 Å². The van der Waals surface area contributed by atoms with Crippen LogP contribution in [0.2, 0.25) is 0 Å². The molecular weight excluding hydrogens is 373 g/mol. The predicted octanol–water partition coefficient (Wildman–Crippen LogP) is 4.77. The lowest BCUT2D eigenvalue weighted by atomic mass is 10.2. The lowest BCUT2D eigenvalue weighted by Gasteiger charge is -2.21. The molecule has 1 atom stereocenters. The molecule has 0 radical (unpaired) electrons. The minimum Gasteiger partial charge on any atom is -0.484 e. The van der Waals surface area contributed by atoms with Crippen LogP contribution >= 0.6 is 27.3 Å². The van der Waals surface area contributed by atoms with Crippen molar-refractivity contribution in [3.05, 3.63) is 50.9 Å². The van der Waals surface area contributed by atoms with E-state index >= 15 is 0 Å². The number of amides is 1. The summed E-state index contributed by atoms with van der Waals surface area (Å²) in [7, 11) is 1.47. The first-order chi connectivity index (χ1) is 10.5. The Labute approximate surface area is 140 Å². The highest BCUT2D eigenvalue weighted by Gasteiger charge is 2.21. The zero-order chi connectivity index (χ0) is 16.1. The van der Waals surface area contributed by atoms with Gasteiger partial charge in [-0.3, -0.25) is 0 Å². The van der Waals surface area contributed by atoms with Gasteiger partial charge >= 0.3 is 6.09 Å². The van der Waals surface area contributed by atoms with Crippen LogP contribution in [0.3, 0.4) is 0 Å². The fourth-order valence-corrected chi connectivity index (χ4v) is 3.09. The van der Waals surface area contributed by atoms with E-state index in [4.69, 9.17) is 9.84 Å². The number of benzene rings is 1. The molecule has 0 aliphatic heterocycles. The van der Waals surface area contributed by atoms with E-state index < -0.39 is 12.2 Å². The molecule has 0 fully saturated rings. The van der Waals surface area contributed by atoms with Gasteiger partial charge in [-0.05, 0) is 39.5 Å². The SMILES string of the molecule is CN(CCC(Oc1ccccc1Br)c1sccc1F)C(=O)O. The number of carbonyl (C=O) groups is 1. The average Bonchev–Trinajstić information content (AvgIpc) is 2.91. The van der Waals surface area contributed by atoms with Crippen LogP contribution in [0.25, 0.3) is 0 Å². The Bertz CT molecular complexity index is 649. The Morgan fingerprint density at radius 2 is 2.18 bits per heavy atom. The highest BCUT2D eigenvalue weighted by molar-refractivity contribution is 9.10. The molecule has 1 heterocycles. The van der Waals surface area contributed by atoms with E-state index in [0.29, 0.717) is 17.0 Å². The predicted molar refractivity (Wildman–Crippen MR) is 87.1 cm³/mol. The van der Waals surface area contributed by atoms with Crippen molar-refractivity contribution in [2.45, 2.75) is 12.5 Å². The Kier molecular flexibility index (Phi) is 5.79. The molecule has 118 valence electrons. The normalized spacial score (nSPS) is 12.0. The van der Waals surface area contributed by atoms with Gasteiger partial charge in [0.25, 0.3) is 0 Å². The van der Waals surface area contributed by atoms with E-state index in [9.17, 15) is 9.18 Å². The standard InChI is InChI=1S/C15H15BrFNO3S/c1-18(15(19)20)8-6-13(14-11(17)7-9-22-14)21-12-5-3-2-4-10(12)16/h2-5,7,9,13H,6,8H2,1H3,(H,19,20). The molecule has 1 aromatic carbocycles. The summed E-state index contributed by atoms with van der Waals surface area (Å²) in [6, 6.07) is 8.68. The Balaban J connectivity index is 2.17. The summed E-state index contributed by atoms with van der Waals surface area (Å²) in [5, 5.41) is 10.6. The maximum absolute atomic E-state index is 13.9. The molecule has 22 heavy (non-hydrogen) atoms. The van der Waals surface area contributed by atoms with Crippen molar-refractivity contribution < 1.29 is 19.0 Å². The minimum atomic E-state index is -1.02. The van der Waals surface area contributed by atoms with E-state index in [1.54, 1.807) is 11.4 Å². The molecule has 0 saturated heterocycles. The van der Waals surface area contributed by atoms with Crippen LogP contribution in [-0.4, -0.2) is 29.7 Å². The van der Waals surface area contributed by atoms with Crippen LogP contribution in [-0.2, 0) is 0 Å². The number of halogens is 2. The maximum Gasteiger partial charge on any atom is 0.407 e. The summed E-state index contributed by atoms with van der Waals surface area (Å²) in [4.78, 5) is 12.5. The molecule has 4 nitrogen and oxygen atoms in total. The van der Waals surface area contributed by atoms with E-state index in [1.807, 2.05) is 18.2 Å². The first-order valence-corrected chi connectivity index (χ1v) is 8.24. The second kappa shape index (κ2) is 7.60. The average molecular weight is 388 g/mol. The summed E-state index contributed by atoms with van der Waals surface area (Å²) in [5.41, 5.74) is 0. The zero-order valence-electron chi connectivity index (χ0n) is 11.8. The topological polar surface area (TPSA) is 49.8 Å². The number of rotatable bonds is 6. The highest BCUT2D eigenvalue weighted by atomic mass is 79.9. The second-order valence-corrected chi connectivity index (χ2v) is 6.46. The van der Waals surface area contributed by atoms with Gasteiger partial charge in [0.2, 0.25) is 0 Å². The molecule has 2 aromatic rings. The molecule has 0 saturated carbocycles. The lowest BCUT2D eigenvalue weighted by molar-refractivity contribution is 0.140. The van der Waals surface area contributed by atoms with Crippen molar-refractivity contribution in [2.24, 2.45) is 0 Å². The van der Waals surface area contributed by atoms with Gasteiger partial charge in [0.05, 0.1) is 9.35 Å². The number of thiophene rings is 1. The molecule has 0 aliphatic carbocycles. The monoisotopic (exact) mass is 387 g/mol. The third kappa shape index (κ3) is 4.20. The van der Waals surface area contributed by atoms with Crippen molar-refractivity contribution >= 4 is 33.4 Å². The molecule has 0 aliphatic rings. The highest BCUT2D eigenvalue weighted by Crippen LogP contribution is 2.34. The Morgan fingerprint density at radius 3 is 2.77 bits per heavy atom. The Hall–Kier alpha value is -1.60. The first kappa shape index (κ1) is 16.8. The minimum absolute atomic E-state index is 0.252. The van der Waals surface area contributed by atoms with E-state index in [2.05, 4.69) is 15.9 Å². The number of hydrogen-bond donors (Lipinski definition) is 1. The van der Waals surface area contributed by atoms with Gasteiger partial charge in [0.15, 0.2) is 0 Å². The van der Waals surface area contributed by atoms with E-state index in [-0.39, 0.29) is 12.4 Å². The fraction of sp³-hybridized carbons (Fsp3) is 0.267. The lowest BCUT2D eigenvalue weighted by Crippen LogP contribution is -2.27. The second-order valence-electron chi connectivity index (χ2n) is 4.66. The van der Waals surface area contributed by atoms with Crippen LogP contribution < -0.4 is 4.74 Å². The molecule has 1 aromatic heterocycles. The van der Waals surface area contributed by atoms with Gasteiger partial charge in [-0.1, -0.05) is 12.1 Å². The van der Waals surface area contributed by atoms with Gasteiger partial charge in [-0.2, -0.15) is 0 Å².